The molecule has 19 heavy (non-hydrogen) atoms. The molecule has 0 fully saturated rings. The second-order valence-corrected chi connectivity index (χ2v) is 4.58. The summed E-state index contributed by atoms with van der Waals surface area (Å²) in [6, 6.07) is 0. The SMILES string of the molecule is Nc1nc(CCOCC(F)(F)F)nc2c1CCCC2. The number of aryl methyl sites for hydroxylation is 1. The minimum Gasteiger partial charge on any atom is -0.383 e. The predicted molar refractivity (Wildman–Crippen MR) is 63.7 cm³/mol. The van der Waals surface area contributed by atoms with Crippen LogP contribution in [0, 0.1) is 0 Å². The zero-order valence-corrected chi connectivity index (χ0v) is 10.5. The van der Waals surface area contributed by atoms with Gasteiger partial charge in [0.15, 0.2) is 0 Å². The van der Waals surface area contributed by atoms with Crippen molar-refractivity contribution in [2.45, 2.75) is 38.3 Å². The van der Waals surface area contributed by atoms with Crippen molar-refractivity contribution >= 4 is 5.82 Å². The Bertz CT molecular complexity index is 449. The first-order chi connectivity index (χ1) is 8.96. The summed E-state index contributed by atoms with van der Waals surface area (Å²) in [7, 11) is 0. The summed E-state index contributed by atoms with van der Waals surface area (Å²) in [5.74, 6) is 0.913. The average Bonchev–Trinajstić information content (AvgIpc) is 2.34. The van der Waals surface area contributed by atoms with Crippen molar-refractivity contribution in [3.8, 4) is 0 Å². The molecule has 1 aromatic heterocycles. The van der Waals surface area contributed by atoms with Gasteiger partial charge in [-0.3, -0.25) is 0 Å². The highest BCUT2D eigenvalue weighted by Gasteiger charge is 2.27. The van der Waals surface area contributed by atoms with E-state index in [9.17, 15) is 13.2 Å². The van der Waals surface area contributed by atoms with Gasteiger partial charge >= 0.3 is 6.18 Å². The van der Waals surface area contributed by atoms with Crippen LogP contribution in [0.3, 0.4) is 0 Å². The summed E-state index contributed by atoms with van der Waals surface area (Å²) in [6.45, 7) is -1.30. The number of hydrogen-bond acceptors (Lipinski definition) is 4. The van der Waals surface area contributed by atoms with Crippen molar-refractivity contribution in [2.24, 2.45) is 0 Å². The molecule has 0 aliphatic heterocycles. The molecule has 0 saturated heterocycles. The Morgan fingerprint density at radius 1 is 1.16 bits per heavy atom. The summed E-state index contributed by atoms with van der Waals surface area (Å²) in [4.78, 5) is 8.48. The van der Waals surface area contributed by atoms with Gasteiger partial charge in [0.25, 0.3) is 0 Å². The van der Waals surface area contributed by atoms with E-state index in [-0.39, 0.29) is 13.0 Å². The van der Waals surface area contributed by atoms with Gasteiger partial charge in [0, 0.05) is 17.7 Å². The maximum Gasteiger partial charge on any atom is 0.411 e. The number of nitrogens with zero attached hydrogens (tertiary/aromatic N) is 2. The molecule has 0 amide bonds. The highest BCUT2D eigenvalue weighted by molar-refractivity contribution is 5.43. The number of hydrogen-bond donors (Lipinski definition) is 1. The topological polar surface area (TPSA) is 61.0 Å². The third-order valence-corrected chi connectivity index (χ3v) is 3.00. The van der Waals surface area contributed by atoms with Gasteiger partial charge in [-0.2, -0.15) is 13.2 Å². The van der Waals surface area contributed by atoms with Crippen LogP contribution in [0.15, 0.2) is 0 Å². The first-order valence-corrected chi connectivity index (χ1v) is 6.24. The molecule has 1 aromatic rings. The van der Waals surface area contributed by atoms with E-state index in [0.29, 0.717) is 11.6 Å². The fourth-order valence-corrected chi connectivity index (χ4v) is 2.14. The largest absolute Gasteiger partial charge is 0.411 e. The van der Waals surface area contributed by atoms with Crippen molar-refractivity contribution in [1.82, 2.24) is 9.97 Å². The van der Waals surface area contributed by atoms with Crippen LogP contribution in [0.1, 0.15) is 29.9 Å². The summed E-state index contributed by atoms with van der Waals surface area (Å²) in [6.07, 6.45) is -0.171. The Balaban J connectivity index is 1.92. The lowest BCUT2D eigenvalue weighted by Crippen LogP contribution is -2.19. The maximum atomic E-state index is 11.9. The second-order valence-electron chi connectivity index (χ2n) is 4.58. The van der Waals surface area contributed by atoms with E-state index < -0.39 is 12.8 Å². The number of halogens is 3. The van der Waals surface area contributed by atoms with E-state index in [0.717, 1.165) is 36.9 Å². The zero-order chi connectivity index (χ0) is 13.9. The summed E-state index contributed by atoms with van der Waals surface area (Å²) < 4.78 is 40.2. The van der Waals surface area contributed by atoms with Crippen molar-refractivity contribution < 1.29 is 17.9 Å². The van der Waals surface area contributed by atoms with E-state index in [2.05, 4.69) is 14.7 Å². The lowest BCUT2D eigenvalue weighted by molar-refractivity contribution is -0.173. The standard InChI is InChI=1S/C12H16F3N3O/c13-12(14,15)7-19-6-5-10-17-9-4-2-1-3-8(9)11(16)18-10/h1-7H2,(H2,16,17,18). The Kier molecular flexibility index (Phi) is 4.24. The Morgan fingerprint density at radius 2 is 1.89 bits per heavy atom. The molecule has 7 heteroatoms. The number of ether oxygens (including phenoxy) is 1. The summed E-state index contributed by atoms with van der Waals surface area (Å²) >= 11 is 0. The monoisotopic (exact) mass is 275 g/mol. The number of nitrogen functional groups attached to an aromatic ring is 1. The van der Waals surface area contributed by atoms with Gasteiger partial charge in [-0.15, -0.1) is 0 Å². The van der Waals surface area contributed by atoms with Gasteiger partial charge in [-0.1, -0.05) is 0 Å². The number of rotatable bonds is 4. The van der Waals surface area contributed by atoms with Crippen LogP contribution in [0.4, 0.5) is 19.0 Å². The van der Waals surface area contributed by atoms with E-state index in [1.54, 1.807) is 0 Å². The zero-order valence-electron chi connectivity index (χ0n) is 10.5. The minimum absolute atomic E-state index is 0.0578. The molecule has 0 atom stereocenters. The quantitative estimate of drug-likeness (QED) is 0.854. The molecule has 1 heterocycles. The van der Waals surface area contributed by atoms with Crippen molar-refractivity contribution in [1.29, 1.82) is 0 Å². The van der Waals surface area contributed by atoms with Gasteiger partial charge in [0.2, 0.25) is 0 Å². The van der Waals surface area contributed by atoms with Crippen molar-refractivity contribution in [3.63, 3.8) is 0 Å². The number of anilines is 1. The summed E-state index contributed by atoms with van der Waals surface area (Å²) in [5.41, 5.74) is 7.77. The van der Waals surface area contributed by atoms with Gasteiger partial charge in [-0.25, -0.2) is 9.97 Å². The van der Waals surface area contributed by atoms with Gasteiger partial charge in [0.1, 0.15) is 18.2 Å². The second kappa shape index (κ2) is 5.73. The van der Waals surface area contributed by atoms with Crippen LogP contribution in [0.25, 0.3) is 0 Å². The number of nitrogens with two attached hydrogens (primary N) is 1. The number of alkyl halides is 3. The summed E-state index contributed by atoms with van der Waals surface area (Å²) in [5, 5.41) is 0. The molecular weight excluding hydrogens is 259 g/mol. The molecule has 0 bridgehead atoms. The van der Waals surface area contributed by atoms with Gasteiger partial charge < -0.3 is 10.5 Å². The first-order valence-electron chi connectivity index (χ1n) is 6.24. The normalized spacial score (nSPS) is 15.3. The van der Waals surface area contributed by atoms with Crippen molar-refractivity contribution in [2.75, 3.05) is 18.9 Å². The smallest absolute Gasteiger partial charge is 0.383 e. The average molecular weight is 275 g/mol. The molecule has 0 saturated carbocycles. The Labute approximate surface area is 109 Å². The van der Waals surface area contributed by atoms with Gasteiger partial charge in [0.05, 0.1) is 6.61 Å². The van der Waals surface area contributed by atoms with Crippen LogP contribution in [-0.4, -0.2) is 29.4 Å². The van der Waals surface area contributed by atoms with E-state index in [4.69, 9.17) is 5.73 Å². The van der Waals surface area contributed by atoms with E-state index in [1.165, 1.54) is 0 Å². The van der Waals surface area contributed by atoms with E-state index in [1.807, 2.05) is 0 Å². The van der Waals surface area contributed by atoms with Crippen LogP contribution in [0.2, 0.25) is 0 Å². The maximum absolute atomic E-state index is 11.9. The predicted octanol–water partition coefficient (Wildman–Crippen LogP) is 2.06. The molecular formula is C12H16F3N3O. The van der Waals surface area contributed by atoms with Crippen molar-refractivity contribution in [3.05, 3.63) is 17.1 Å². The fraction of sp³-hybridized carbons (Fsp3) is 0.667. The first kappa shape index (κ1) is 14.0. The van der Waals surface area contributed by atoms with Gasteiger partial charge in [-0.05, 0) is 25.7 Å². The molecule has 2 rings (SSSR count). The highest BCUT2D eigenvalue weighted by Crippen LogP contribution is 2.23. The molecule has 106 valence electrons. The van der Waals surface area contributed by atoms with Crippen LogP contribution >= 0.6 is 0 Å². The number of aromatic nitrogens is 2. The van der Waals surface area contributed by atoms with Crippen LogP contribution in [-0.2, 0) is 24.0 Å². The number of fused-ring (bicyclic) bond motifs is 1. The molecule has 4 nitrogen and oxygen atoms in total. The third kappa shape index (κ3) is 4.05. The molecule has 1 aliphatic rings. The Morgan fingerprint density at radius 3 is 2.63 bits per heavy atom. The van der Waals surface area contributed by atoms with E-state index >= 15 is 0 Å². The molecule has 0 unspecified atom stereocenters. The molecule has 2 N–H and O–H groups in total. The third-order valence-electron chi connectivity index (χ3n) is 3.00. The fourth-order valence-electron chi connectivity index (χ4n) is 2.14. The minimum atomic E-state index is -4.30. The van der Waals surface area contributed by atoms with Crippen LogP contribution in [0.5, 0.6) is 0 Å². The molecule has 0 radical (unpaired) electrons. The van der Waals surface area contributed by atoms with Crippen LogP contribution < -0.4 is 5.73 Å². The molecule has 0 spiro atoms. The molecule has 1 aliphatic carbocycles. The highest BCUT2D eigenvalue weighted by atomic mass is 19.4. The lowest BCUT2D eigenvalue weighted by Gasteiger charge is -2.17. The molecule has 0 aromatic carbocycles. The Hall–Kier alpha value is -1.37. The lowest BCUT2D eigenvalue weighted by atomic mass is 9.96.